The summed E-state index contributed by atoms with van der Waals surface area (Å²) in [5.41, 5.74) is 5.35. The molecule has 60 heavy (non-hydrogen) atoms. The number of hydrogen-bond donors (Lipinski definition) is 2. The molecule has 0 aromatic carbocycles. The van der Waals surface area contributed by atoms with Gasteiger partial charge in [0.05, 0.1) is 13.2 Å². The number of hydrogen-bond acceptors (Lipinski definition) is 8. The average Bonchev–Trinajstić information content (AvgIpc) is 3.24. The smallest absolute Gasteiger partial charge is 0.462 e. The Kier molecular flexibility index (Phi) is 43.1. The van der Waals surface area contributed by atoms with Crippen LogP contribution in [0.15, 0.2) is 97.2 Å². The van der Waals surface area contributed by atoms with Crippen molar-refractivity contribution in [2.45, 2.75) is 180 Å². The molecule has 2 unspecified atom stereocenters. The highest BCUT2D eigenvalue weighted by atomic mass is 31.2. The number of allylic oxidation sites excluding steroid dienone is 16. The summed E-state index contributed by atoms with van der Waals surface area (Å²) in [6.45, 7) is 3.52. The minimum absolute atomic E-state index is 0.0432. The monoisotopic (exact) mass is 858 g/mol. The lowest BCUT2D eigenvalue weighted by atomic mass is 10.1. The van der Waals surface area contributed by atoms with Crippen molar-refractivity contribution < 1.29 is 37.6 Å². The normalized spacial score (nSPS) is 14.1. The largest absolute Gasteiger partial charge is 0.472 e. The van der Waals surface area contributed by atoms with Crippen molar-refractivity contribution in [2.75, 3.05) is 26.4 Å². The number of rotatable bonds is 42. The van der Waals surface area contributed by atoms with E-state index in [1.807, 2.05) is 0 Å². The van der Waals surface area contributed by atoms with Crippen LogP contribution in [0.4, 0.5) is 0 Å². The maximum atomic E-state index is 12.6. The summed E-state index contributed by atoms with van der Waals surface area (Å²) in [5, 5.41) is 0. The Hall–Kier alpha value is -3.07. The Morgan fingerprint density at radius 3 is 1.37 bits per heavy atom. The van der Waals surface area contributed by atoms with Crippen LogP contribution < -0.4 is 5.73 Å². The molecule has 2 atom stereocenters. The van der Waals surface area contributed by atoms with Gasteiger partial charge >= 0.3 is 19.8 Å². The second-order valence-corrected chi connectivity index (χ2v) is 16.3. The summed E-state index contributed by atoms with van der Waals surface area (Å²) < 4.78 is 32.8. The average molecular weight is 858 g/mol. The Morgan fingerprint density at radius 2 is 0.917 bits per heavy atom. The van der Waals surface area contributed by atoms with Crippen molar-refractivity contribution in [1.82, 2.24) is 0 Å². The molecule has 0 saturated carbocycles. The number of carbonyl (C=O) groups excluding carboxylic acids is 2. The minimum atomic E-state index is -4.39. The second kappa shape index (κ2) is 45.5. The summed E-state index contributed by atoms with van der Waals surface area (Å²) in [6, 6.07) is 0. The molecule has 342 valence electrons. The van der Waals surface area contributed by atoms with Gasteiger partial charge in [0.1, 0.15) is 6.61 Å². The lowest BCUT2D eigenvalue weighted by Gasteiger charge is -2.19. The molecule has 0 aromatic rings. The van der Waals surface area contributed by atoms with Gasteiger partial charge < -0.3 is 20.1 Å². The highest BCUT2D eigenvalue weighted by Gasteiger charge is 2.26. The third-order valence-corrected chi connectivity index (χ3v) is 10.2. The third kappa shape index (κ3) is 44.5. The highest BCUT2D eigenvalue weighted by Crippen LogP contribution is 2.43. The highest BCUT2D eigenvalue weighted by molar-refractivity contribution is 7.47. The SMILES string of the molecule is CC/C=C\C/C=C\C/C=C\C/C=C\C/C=C\C/C=C\CCCCCCCCC(=O)OC(COC(=O)CCCCCCC/C=C\C/C=C\CCCC)COP(=O)(O)OCCN. The van der Waals surface area contributed by atoms with Crippen LogP contribution in [0.1, 0.15) is 174 Å². The minimum Gasteiger partial charge on any atom is -0.462 e. The Morgan fingerprint density at radius 1 is 0.517 bits per heavy atom. The van der Waals surface area contributed by atoms with E-state index in [0.29, 0.717) is 12.8 Å². The molecule has 0 aliphatic heterocycles. The fourth-order valence-electron chi connectivity index (χ4n) is 5.77. The van der Waals surface area contributed by atoms with E-state index >= 15 is 0 Å². The van der Waals surface area contributed by atoms with Crippen LogP contribution in [0.3, 0.4) is 0 Å². The molecule has 0 aliphatic carbocycles. The van der Waals surface area contributed by atoms with Gasteiger partial charge in [-0.15, -0.1) is 0 Å². The molecule has 0 amide bonds. The van der Waals surface area contributed by atoms with Crippen molar-refractivity contribution >= 4 is 19.8 Å². The number of ether oxygens (including phenoxy) is 2. The standard InChI is InChI=1S/C50H84NO8P/c1-3-5-7-9-11-13-15-17-19-20-21-22-23-24-25-26-27-28-29-31-33-35-37-39-41-43-50(53)59-48(47-58-60(54,55)57-45-44-51)46-56-49(52)42-40-38-36-34-32-30-18-16-14-12-10-8-6-4-2/h5,7,10-13,16-19,21-22,24-25,27-28,48H,3-4,6,8-9,14-15,20,23,26,29-47,51H2,1-2H3,(H,54,55)/b7-5-,12-10-,13-11-,18-16-,19-17-,22-21-,25-24-,28-27-. The Labute approximate surface area is 366 Å². The third-order valence-electron chi connectivity index (χ3n) is 9.20. The summed E-state index contributed by atoms with van der Waals surface area (Å²) in [4.78, 5) is 34.9. The van der Waals surface area contributed by atoms with Crippen molar-refractivity contribution in [3.63, 3.8) is 0 Å². The molecule has 0 fully saturated rings. The maximum absolute atomic E-state index is 12.6. The fraction of sp³-hybridized carbons (Fsp3) is 0.640. The van der Waals surface area contributed by atoms with Crippen LogP contribution in [-0.2, 0) is 32.7 Å². The van der Waals surface area contributed by atoms with Crippen LogP contribution in [-0.4, -0.2) is 49.3 Å². The van der Waals surface area contributed by atoms with E-state index in [1.54, 1.807) is 0 Å². The van der Waals surface area contributed by atoms with Gasteiger partial charge in [0.2, 0.25) is 0 Å². The second-order valence-electron chi connectivity index (χ2n) is 14.9. The van der Waals surface area contributed by atoms with Gasteiger partial charge in [-0.2, -0.15) is 0 Å². The van der Waals surface area contributed by atoms with Crippen LogP contribution >= 0.6 is 7.82 Å². The number of phosphoric acid groups is 1. The first kappa shape index (κ1) is 56.9. The molecule has 0 spiro atoms. The lowest BCUT2D eigenvalue weighted by Crippen LogP contribution is -2.29. The molecule has 9 nitrogen and oxygen atoms in total. The summed E-state index contributed by atoms with van der Waals surface area (Å²) in [5.74, 6) is -0.871. The molecule has 10 heteroatoms. The molecular weight excluding hydrogens is 774 g/mol. The van der Waals surface area contributed by atoms with Crippen molar-refractivity contribution in [3.05, 3.63) is 97.2 Å². The van der Waals surface area contributed by atoms with E-state index in [4.69, 9.17) is 24.3 Å². The van der Waals surface area contributed by atoms with Crippen LogP contribution in [0.5, 0.6) is 0 Å². The van der Waals surface area contributed by atoms with Gasteiger partial charge in [-0.3, -0.25) is 18.6 Å². The van der Waals surface area contributed by atoms with E-state index in [2.05, 4.69) is 111 Å². The van der Waals surface area contributed by atoms with Gasteiger partial charge in [0.25, 0.3) is 0 Å². The lowest BCUT2D eigenvalue weighted by molar-refractivity contribution is -0.161. The van der Waals surface area contributed by atoms with Gasteiger partial charge in [-0.05, 0) is 89.9 Å². The summed E-state index contributed by atoms with van der Waals surface area (Å²) in [7, 11) is -4.39. The Bertz CT molecular complexity index is 1300. The van der Waals surface area contributed by atoms with Crippen LogP contribution in [0, 0.1) is 0 Å². The maximum Gasteiger partial charge on any atom is 0.472 e. The summed E-state index contributed by atoms with van der Waals surface area (Å²) >= 11 is 0. The molecule has 0 aromatic heterocycles. The number of phosphoric ester groups is 1. The molecule has 0 heterocycles. The molecule has 0 radical (unpaired) electrons. The van der Waals surface area contributed by atoms with E-state index in [-0.39, 0.29) is 32.6 Å². The van der Waals surface area contributed by atoms with E-state index in [1.165, 1.54) is 12.8 Å². The number of esters is 2. The predicted molar refractivity (Wildman–Crippen MR) is 252 cm³/mol. The molecule has 0 bridgehead atoms. The Balaban J connectivity index is 4.17. The molecule has 0 rings (SSSR count). The summed E-state index contributed by atoms with van der Waals surface area (Å²) in [6.07, 6.45) is 58.6. The van der Waals surface area contributed by atoms with Gasteiger partial charge in [0, 0.05) is 19.4 Å². The van der Waals surface area contributed by atoms with Crippen molar-refractivity contribution in [2.24, 2.45) is 5.73 Å². The number of nitrogens with two attached hydrogens (primary N) is 1. The number of carbonyl (C=O) groups is 2. The topological polar surface area (TPSA) is 134 Å². The van der Waals surface area contributed by atoms with Gasteiger partial charge in [0.15, 0.2) is 6.10 Å². The zero-order valence-corrected chi connectivity index (χ0v) is 38.5. The first-order valence-electron chi connectivity index (χ1n) is 23.2. The quantitative estimate of drug-likeness (QED) is 0.0266. The zero-order chi connectivity index (χ0) is 43.9. The van der Waals surface area contributed by atoms with E-state index in [0.717, 1.165) is 122 Å². The van der Waals surface area contributed by atoms with Gasteiger partial charge in [-0.1, -0.05) is 169 Å². The van der Waals surface area contributed by atoms with Gasteiger partial charge in [-0.25, -0.2) is 4.57 Å². The van der Waals surface area contributed by atoms with Crippen molar-refractivity contribution in [3.8, 4) is 0 Å². The first-order chi connectivity index (χ1) is 29.3. The van der Waals surface area contributed by atoms with Crippen LogP contribution in [0.25, 0.3) is 0 Å². The predicted octanol–water partition coefficient (Wildman–Crippen LogP) is 13.8. The number of unbranched alkanes of at least 4 members (excludes halogenated alkanes) is 13. The fourth-order valence-corrected chi connectivity index (χ4v) is 6.54. The zero-order valence-electron chi connectivity index (χ0n) is 37.7. The van der Waals surface area contributed by atoms with E-state index < -0.39 is 32.5 Å². The van der Waals surface area contributed by atoms with Crippen molar-refractivity contribution in [1.29, 1.82) is 0 Å². The van der Waals surface area contributed by atoms with E-state index in [9.17, 15) is 19.0 Å². The van der Waals surface area contributed by atoms with Crippen LogP contribution in [0.2, 0.25) is 0 Å². The first-order valence-corrected chi connectivity index (χ1v) is 24.7. The molecule has 0 aliphatic rings. The molecular formula is C50H84NO8P. The molecule has 0 saturated heterocycles. The molecule has 3 N–H and O–H groups in total.